The second-order valence-corrected chi connectivity index (χ2v) is 28.9. The Morgan fingerprint density at radius 1 is 0.394 bits per heavy atom. The van der Waals surface area contributed by atoms with Crippen molar-refractivity contribution in [3.05, 3.63) is 166 Å². The third-order valence-corrected chi connectivity index (χ3v) is 20.1. The molecule has 0 aliphatic carbocycles. The molecule has 20 heteroatoms. The van der Waals surface area contributed by atoms with Crippen molar-refractivity contribution in [1.82, 2.24) is 31.1 Å². The number of carbonyl (C=O) groups excluding carboxylic acids is 8. The molecule has 540 valence electrons. The number of nitrogens with one attached hydrogen (secondary N) is 4. The zero-order valence-corrected chi connectivity index (χ0v) is 60.7. The maximum absolute atomic E-state index is 16.3. The first-order valence-corrected chi connectivity index (χ1v) is 36.7. The zero-order chi connectivity index (χ0) is 73.4. The molecule has 4 unspecified atom stereocenters. The first kappa shape index (κ1) is 71.9. The van der Waals surface area contributed by atoms with Gasteiger partial charge in [0.1, 0.15) is 58.1 Å². The van der Waals surface area contributed by atoms with Crippen LogP contribution in [0.3, 0.4) is 0 Å². The van der Waals surface area contributed by atoms with Crippen molar-refractivity contribution in [3.63, 3.8) is 0 Å². The van der Waals surface area contributed by atoms with Gasteiger partial charge in [0.25, 0.3) is 23.6 Å². The smallest absolute Gasteiger partial charge is 0.262 e. The highest BCUT2D eigenvalue weighted by molar-refractivity contribution is 6.45. The summed E-state index contributed by atoms with van der Waals surface area (Å²) in [5.74, 6) is -2.62. The van der Waals surface area contributed by atoms with E-state index in [1.807, 2.05) is 111 Å². The Morgan fingerprint density at radius 3 is 0.885 bits per heavy atom. The van der Waals surface area contributed by atoms with Crippen LogP contribution in [0.4, 0.5) is 0 Å². The summed E-state index contributed by atoms with van der Waals surface area (Å²) in [6.45, 7) is 22.2. The molecular weight excluding hydrogens is 1320 g/mol. The van der Waals surface area contributed by atoms with E-state index in [1.165, 1.54) is 0 Å². The molecule has 0 aromatic heterocycles. The van der Waals surface area contributed by atoms with E-state index in [2.05, 4.69) is 76.7 Å². The monoisotopic (exact) mass is 1410 g/mol. The minimum atomic E-state index is -1.35. The van der Waals surface area contributed by atoms with Gasteiger partial charge in [0.2, 0.25) is 23.6 Å². The predicted molar refractivity (Wildman–Crippen MR) is 398 cm³/mol. The standard InChI is InChI=1S/C84H90N6O14/c1-11-13-15-63(79(93)85-35-33-69(91)87-41-57-43-99-57)89-81(95)59-37-65(101-53-25-17-49(18-26-53)45(3)4)73-75-67(103-55-29-21-51(22-30-55)47(7)8)39-61-72-62(84(98)90(83(61)97)64(16-14-12-2)80(94)86-36-34-70(92)88-42-58-44-100-58)40-68(104-56-31-23-52(24-32-56)48(9)10)76(78(72)75)74-66(38-60(82(89)96)71(59)77(73)74)102-54-27-19-50(20-28-54)46(5)6/h17-32,37-40,45-48,57-58,63-64H,11-16,33-36,41-44H2,1-10H3,(H,85,93)(H,86,94)(H,87,91)(H,88,92). The van der Waals surface area contributed by atoms with Crippen LogP contribution in [-0.2, 0) is 28.7 Å². The summed E-state index contributed by atoms with van der Waals surface area (Å²) >= 11 is 0. The number of carbonyl (C=O) groups is 8. The van der Waals surface area contributed by atoms with E-state index in [-0.39, 0.29) is 153 Å². The summed E-state index contributed by atoms with van der Waals surface area (Å²) in [5.41, 5.74) is 4.13. The van der Waals surface area contributed by atoms with Gasteiger partial charge < -0.3 is 49.7 Å². The van der Waals surface area contributed by atoms with Gasteiger partial charge in [-0.1, -0.05) is 143 Å². The number of fused-ring (bicyclic) bond motifs is 2. The minimum absolute atomic E-state index is 0.00984. The van der Waals surface area contributed by atoms with E-state index < -0.39 is 47.5 Å². The summed E-state index contributed by atoms with van der Waals surface area (Å²) in [5, 5.41) is 13.6. The Morgan fingerprint density at radius 2 is 0.654 bits per heavy atom. The molecule has 8 amide bonds. The van der Waals surface area contributed by atoms with Gasteiger partial charge in [-0.05, 0) is 132 Å². The molecule has 4 aliphatic heterocycles. The number of unbranched alkanes of at least 4 members (excludes halogenated alkanes) is 2. The van der Waals surface area contributed by atoms with Gasteiger partial charge in [0.05, 0.1) is 47.7 Å². The van der Waals surface area contributed by atoms with Crippen LogP contribution < -0.4 is 40.2 Å². The van der Waals surface area contributed by atoms with Gasteiger partial charge in [-0.2, -0.15) is 0 Å². The molecule has 9 aromatic rings. The quantitative estimate of drug-likeness (QED) is 0.0132. The molecule has 0 radical (unpaired) electrons. The number of hydrogen-bond acceptors (Lipinski definition) is 14. The van der Waals surface area contributed by atoms with Crippen molar-refractivity contribution in [3.8, 4) is 46.0 Å². The highest BCUT2D eigenvalue weighted by Gasteiger charge is 2.46. The molecular formula is C84H90N6O14. The molecule has 4 N–H and O–H groups in total. The number of rotatable bonds is 32. The summed E-state index contributed by atoms with van der Waals surface area (Å²) in [6.07, 6.45) is 2.06. The third-order valence-electron chi connectivity index (χ3n) is 20.1. The maximum Gasteiger partial charge on any atom is 0.262 e. The van der Waals surface area contributed by atoms with Crippen LogP contribution in [0.25, 0.3) is 43.1 Å². The second-order valence-electron chi connectivity index (χ2n) is 28.9. The molecule has 2 saturated heterocycles. The lowest BCUT2D eigenvalue weighted by atomic mass is 9.80. The number of amides is 8. The van der Waals surface area contributed by atoms with E-state index in [9.17, 15) is 19.2 Å². The van der Waals surface area contributed by atoms with Crippen molar-refractivity contribution in [1.29, 1.82) is 0 Å². The van der Waals surface area contributed by atoms with Gasteiger partial charge in [0, 0.05) is 82.1 Å². The first-order chi connectivity index (χ1) is 50.1. The molecule has 20 nitrogen and oxygen atoms in total. The number of nitrogens with zero attached hydrogens (tertiary/aromatic N) is 2. The average Bonchev–Trinajstić information content (AvgIpc) is 1.62. The molecule has 13 rings (SSSR count). The number of hydrogen-bond donors (Lipinski definition) is 4. The van der Waals surface area contributed by atoms with Crippen molar-refractivity contribution in [2.75, 3.05) is 39.4 Å². The summed E-state index contributed by atoms with van der Waals surface area (Å²) in [4.78, 5) is 123. The van der Waals surface area contributed by atoms with E-state index in [0.717, 1.165) is 32.1 Å². The Kier molecular flexibility index (Phi) is 21.1. The Hall–Kier alpha value is -10.4. The van der Waals surface area contributed by atoms with Crippen LogP contribution in [0.2, 0.25) is 0 Å². The lowest BCUT2D eigenvalue weighted by Crippen LogP contribution is -2.54. The highest BCUT2D eigenvalue weighted by Crippen LogP contribution is 2.58. The van der Waals surface area contributed by atoms with Crippen molar-refractivity contribution in [2.45, 2.75) is 169 Å². The topological polar surface area (TPSA) is 253 Å². The molecule has 0 bridgehead atoms. The molecule has 0 spiro atoms. The SMILES string of the molecule is CCCCC(C(=O)NCCC(=O)NCC1CO1)N1C(=O)c2cc(Oc3ccc(C(C)C)cc3)c3c4c(Oc5ccc(C(C)C)cc5)cc5c6c(cc(Oc7ccc(C(C)C)cc7)c(c7c(Oc8ccc(C(C)C)cc8)cc(c2c37)C1=O)c64)C(=O)N(C(CCCC)C(=O)NCCC(=O)NCC1CO1)C5=O. The predicted octanol–water partition coefficient (Wildman–Crippen LogP) is 15.8. The van der Waals surface area contributed by atoms with E-state index >= 15 is 19.2 Å². The van der Waals surface area contributed by atoms with Crippen molar-refractivity contribution in [2.24, 2.45) is 0 Å². The van der Waals surface area contributed by atoms with Crippen molar-refractivity contribution >= 4 is 90.3 Å². The van der Waals surface area contributed by atoms with Gasteiger partial charge in [-0.25, -0.2) is 0 Å². The van der Waals surface area contributed by atoms with E-state index in [1.54, 1.807) is 24.3 Å². The fourth-order valence-electron chi connectivity index (χ4n) is 14.0. The van der Waals surface area contributed by atoms with Crippen molar-refractivity contribution < 1.29 is 66.8 Å². The van der Waals surface area contributed by atoms with Gasteiger partial charge in [0.15, 0.2) is 0 Å². The van der Waals surface area contributed by atoms with Crippen LogP contribution in [0.1, 0.15) is 208 Å². The lowest BCUT2D eigenvalue weighted by molar-refractivity contribution is -0.126. The molecule has 2 fully saturated rings. The molecule has 4 heterocycles. The third kappa shape index (κ3) is 14.8. The maximum atomic E-state index is 16.3. The first-order valence-electron chi connectivity index (χ1n) is 36.7. The molecule has 0 saturated carbocycles. The average molecular weight is 1410 g/mol. The molecule has 4 atom stereocenters. The number of ether oxygens (including phenoxy) is 6. The van der Waals surface area contributed by atoms with Crippen LogP contribution in [0.15, 0.2) is 121 Å². The summed E-state index contributed by atoms with van der Waals surface area (Å²) < 4.78 is 39.7. The van der Waals surface area contributed by atoms with Gasteiger partial charge in [-0.15, -0.1) is 0 Å². The van der Waals surface area contributed by atoms with E-state index in [0.29, 0.717) is 96.5 Å². The largest absolute Gasteiger partial charge is 0.457 e. The highest BCUT2D eigenvalue weighted by atomic mass is 16.6. The molecule has 9 aromatic carbocycles. The minimum Gasteiger partial charge on any atom is -0.457 e. The van der Waals surface area contributed by atoms with Crippen LogP contribution in [0.5, 0.6) is 46.0 Å². The Labute approximate surface area is 605 Å². The zero-order valence-electron chi connectivity index (χ0n) is 60.7. The van der Waals surface area contributed by atoms with E-state index in [4.69, 9.17) is 28.4 Å². The number of imide groups is 2. The number of benzene rings is 9. The fraction of sp³-hybridized carbons (Fsp3) is 0.381. The van der Waals surface area contributed by atoms with Gasteiger partial charge >= 0.3 is 0 Å². The summed E-state index contributed by atoms with van der Waals surface area (Å²) in [6, 6.07) is 34.0. The molecule has 104 heavy (non-hydrogen) atoms. The fourth-order valence-corrected chi connectivity index (χ4v) is 14.0. The number of epoxide rings is 2. The Bertz CT molecular complexity index is 4270. The van der Waals surface area contributed by atoms with Crippen LogP contribution >= 0.6 is 0 Å². The van der Waals surface area contributed by atoms with Crippen LogP contribution in [-0.4, -0.2) is 121 Å². The molecule has 4 aliphatic rings. The lowest BCUT2D eigenvalue weighted by Gasteiger charge is -2.36. The van der Waals surface area contributed by atoms with Crippen LogP contribution in [0, 0.1) is 0 Å². The normalized spacial score (nSPS) is 16.0. The second kappa shape index (κ2) is 30.5. The Balaban J connectivity index is 1.12. The van der Waals surface area contributed by atoms with Gasteiger partial charge in [-0.3, -0.25) is 48.2 Å². The summed E-state index contributed by atoms with van der Waals surface area (Å²) in [7, 11) is 0.